The number of rotatable bonds is 3. The van der Waals surface area contributed by atoms with Gasteiger partial charge in [0.05, 0.1) is 6.61 Å². The number of ether oxygens (including phenoxy) is 1. The zero-order chi connectivity index (χ0) is 13.8. The molecule has 0 saturated carbocycles. The molecule has 0 saturated heterocycles. The molecule has 1 heterocycles. The van der Waals surface area contributed by atoms with Crippen molar-refractivity contribution in [3.8, 4) is 5.69 Å². The van der Waals surface area contributed by atoms with E-state index in [1.807, 2.05) is 0 Å². The lowest BCUT2D eigenvalue weighted by molar-refractivity contribution is 0.0517. The topological polar surface area (TPSA) is 61.2 Å². The predicted molar refractivity (Wildman–Crippen MR) is 65.7 cm³/mol. The summed E-state index contributed by atoms with van der Waals surface area (Å²) in [4.78, 5) is 23.2. The summed E-state index contributed by atoms with van der Waals surface area (Å²) in [6.07, 6.45) is 0. The molecular weight excluding hydrogens is 251 g/mol. The number of aromatic nitrogens is 2. The Hall–Kier alpha value is -2.50. The van der Waals surface area contributed by atoms with Gasteiger partial charge in [-0.25, -0.2) is 9.18 Å². The van der Waals surface area contributed by atoms with E-state index >= 15 is 0 Å². The highest BCUT2D eigenvalue weighted by atomic mass is 19.1. The summed E-state index contributed by atoms with van der Waals surface area (Å²) < 4.78 is 19.2. The summed E-state index contributed by atoms with van der Waals surface area (Å²) in [5.74, 6) is -1.26. The van der Waals surface area contributed by atoms with Gasteiger partial charge in [0.2, 0.25) is 0 Å². The molecule has 2 aromatic rings. The van der Waals surface area contributed by atoms with Crippen LogP contribution in [0.5, 0.6) is 0 Å². The van der Waals surface area contributed by atoms with Crippen LogP contribution in [0.15, 0.2) is 41.2 Å². The predicted octanol–water partition coefficient (Wildman–Crippen LogP) is 1.55. The van der Waals surface area contributed by atoms with Gasteiger partial charge in [0.1, 0.15) is 11.5 Å². The molecule has 0 radical (unpaired) electrons. The molecule has 0 spiro atoms. The van der Waals surface area contributed by atoms with Crippen LogP contribution in [0.25, 0.3) is 5.69 Å². The average molecular weight is 262 g/mol. The second kappa shape index (κ2) is 5.43. The third-order valence-electron chi connectivity index (χ3n) is 2.37. The minimum Gasteiger partial charge on any atom is -0.461 e. The van der Waals surface area contributed by atoms with Gasteiger partial charge in [-0.15, -0.1) is 0 Å². The number of carbonyl (C=O) groups is 1. The number of carbonyl (C=O) groups excluding carboxylic acids is 1. The van der Waals surface area contributed by atoms with E-state index in [0.29, 0.717) is 0 Å². The Labute approximate surface area is 108 Å². The van der Waals surface area contributed by atoms with Gasteiger partial charge in [0, 0.05) is 6.07 Å². The molecule has 98 valence electrons. The van der Waals surface area contributed by atoms with Crippen molar-refractivity contribution in [2.45, 2.75) is 6.92 Å². The zero-order valence-electron chi connectivity index (χ0n) is 10.2. The highest BCUT2D eigenvalue weighted by Gasteiger charge is 2.13. The fourth-order valence-corrected chi connectivity index (χ4v) is 1.52. The fourth-order valence-electron chi connectivity index (χ4n) is 1.52. The summed E-state index contributed by atoms with van der Waals surface area (Å²) in [5, 5.41) is 3.81. The van der Waals surface area contributed by atoms with E-state index in [1.165, 1.54) is 24.3 Å². The highest BCUT2D eigenvalue weighted by Crippen LogP contribution is 2.09. The smallest absolute Gasteiger partial charge is 0.358 e. The lowest BCUT2D eigenvalue weighted by atomic mass is 10.3. The molecular formula is C13H11FN2O3. The normalized spacial score (nSPS) is 10.2. The molecule has 0 bridgehead atoms. The van der Waals surface area contributed by atoms with Crippen LogP contribution in [-0.2, 0) is 4.74 Å². The first kappa shape index (κ1) is 12.9. The molecule has 1 aromatic heterocycles. The Kier molecular flexibility index (Phi) is 3.70. The zero-order valence-corrected chi connectivity index (χ0v) is 10.2. The third kappa shape index (κ3) is 2.67. The summed E-state index contributed by atoms with van der Waals surface area (Å²) in [7, 11) is 0. The van der Waals surface area contributed by atoms with E-state index in [9.17, 15) is 14.0 Å². The maximum Gasteiger partial charge on any atom is 0.358 e. The Morgan fingerprint density at radius 3 is 2.74 bits per heavy atom. The van der Waals surface area contributed by atoms with Gasteiger partial charge in [-0.05, 0) is 25.1 Å². The van der Waals surface area contributed by atoms with Crippen molar-refractivity contribution in [1.29, 1.82) is 0 Å². The maximum atomic E-state index is 13.6. The van der Waals surface area contributed by atoms with E-state index in [2.05, 4.69) is 5.10 Å². The fraction of sp³-hybridized carbons (Fsp3) is 0.154. The minimum absolute atomic E-state index is 0.0151. The van der Waals surface area contributed by atoms with Crippen LogP contribution >= 0.6 is 0 Å². The molecule has 0 fully saturated rings. The van der Waals surface area contributed by atoms with Crippen LogP contribution in [0.2, 0.25) is 0 Å². The lowest BCUT2D eigenvalue weighted by Gasteiger charge is -2.07. The van der Waals surface area contributed by atoms with E-state index < -0.39 is 17.3 Å². The lowest BCUT2D eigenvalue weighted by Crippen LogP contribution is -2.24. The molecule has 19 heavy (non-hydrogen) atoms. The largest absolute Gasteiger partial charge is 0.461 e. The Bertz CT molecular complexity index is 667. The van der Waals surface area contributed by atoms with Gasteiger partial charge in [-0.3, -0.25) is 4.79 Å². The number of nitrogens with zero attached hydrogens (tertiary/aromatic N) is 2. The summed E-state index contributed by atoms with van der Waals surface area (Å²) in [5.41, 5.74) is -0.596. The number of hydrogen-bond donors (Lipinski definition) is 0. The first-order valence-electron chi connectivity index (χ1n) is 5.66. The molecule has 5 nitrogen and oxygen atoms in total. The van der Waals surface area contributed by atoms with Crippen LogP contribution in [0.3, 0.4) is 0 Å². The SMILES string of the molecule is CCOC(=O)c1ccc(=O)n(-c2ccccc2F)n1. The van der Waals surface area contributed by atoms with E-state index in [0.717, 1.165) is 10.7 Å². The molecule has 0 N–H and O–H groups in total. The van der Waals surface area contributed by atoms with Crippen LogP contribution in [-0.4, -0.2) is 22.4 Å². The van der Waals surface area contributed by atoms with Gasteiger partial charge in [-0.1, -0.05) is 12.1 Å². The van der Waals surface area contributed by atoms with Crippen molar-refractivity contribution >= 4 is 5.97 Å². The van der Waals surface area contributed by atoms with Crippen LogP contribution in [0, 0.1) is 5.82 Å². The third-order valence-corrected chi connectivity index (χ3v) is 2.37. The average Bonchev–Trinajstić information content (AvgIpc) is 2.40. The van der Waals surface area contributed by atoms with E-state index in [4.69, 9.17) is 4.74 Å². The van der Waals surface area contributed by atoms with Crippen molar-refractivity contribution in [2.24, 2.45) is 0 Å². The molecule has 0 aliphatic rings. The monoisotopic (exact) mass is 262 g/mol. The molecule has 0 aliphatic carbocycles. The molecule has 0 unspecified atom stereocenters. The van der Waals surface area contributed by atoms with E-state index in [1.54, 1.807) is 13.0 Å². The summed E-state index contributed by atoms with van der Waals surface area (Å²) in [6.45, 7) is 1.85. The van der Waals surface area contributed by atoms with Crippen molar-refractivity contribution < 1.29 is 13.9 Å². The molecule has 1 aromatic carbocycles. The van der Waals surface area contributed by atoms with E-state index in [-0.39, 0.29) is 18.0 Å². The maximum absolute atomic E-state index is 13.6. The standard InChI is InChI=1S/C13H11FN2O3/c1-2-19-13(18)10-7-8-12(17)16(15-10)11-6-4-3-5-9(11)14/h3-8H,2H2,1H3. The minimum atomic E-state index is -0.660. The first-order valence-corrected chi connectivity index (χ1v) is 5.66. The van der Waals surface area contributed by atoms with Gasteiger partial charge >= 0.3 is 5.97 Å². The summed E-state index contributed by atoms with van der Waals surface area (Å²) in [6, 6.07) is 8.07. The first-order chi connectivity index (χ1) is 9.13. The molecule has 6 heteroatoms. The Balaban J connectivity index is 2.52. The number of benzene rings is 1. The second-order valence-corrected chi connectivity index (χ2v) is 3.64. The molecule has 2 rings (SSSR count). The Morgan fingerprint density at radius 1 is 1.32 bits per heavy atom. The molecule has 0 aliphatic heterocycles. The van der Waals surface area contributed by atoms with Crippen LogP contribution in [0.1, 0.15) is 17.4 Å². The number of halogens is 1. The highest BCUT2D eigenvalue weighted by molar-refractivity contribution is 5.86. The van der Waals surface area contributed by atoms with Gasteiger partial charge in [-0.2, -0.15) is 9.78 Å². The summed E-state index contributed by atoms with van der Waals surface area (Å²) >= 11 is 0. The van der Waals surface area contributed by atoms with Gasteiger partial charge < -0.3 is 4.74 Å². The van der Waals surface area contributed by atoms with Crippen LogP contribution < -0.4 is 5.56 Å². The van der Waals surface area contributed by atoms with Crippen LogP contribution in [0.4, 0.5) is 4.39 Å². The number of para-hydroxylation sites is 1. The molecule has 0 atom stereocenters. The second-order valence-electron chi connectivity index (χ2n) is 3.64. The van der Waals surface area contributed by atoms with Crippen molar-refractivity contribution in [2.75, 3.05) is 6.61 Å². The van der Waals surface area contributed by atoms with Crippen molar-refractivity contribution in [3.63, 3.8) is 0 Å². The van der Waals surface area contributed by atoms with Gasteiger partial charge in [0.15, 0.2) is 5.69 Å². The molecule has 0 amide bonds. The number of esters is 1. The van der Waals surface area contributed by atoms with Gasteiger partial charge in [0.25, 0.3) is 5.56 Å². The quantitative estimate of drug-likeness (QED) is 0.787. The van der Waals surface area contributed by atoms with Crippen molar-refractivity contribution in [1.82, 2.24) is 9.78 Å². The Morgan fingerprint density at radius 2 is 2.05 bits per heavy atom. The number of hydrogen-bond acceptors (Lipinski definition) is 4. The van der Waals surface area contributed by atoms with Crippen molar-refractivity contribution in [3.05, 3.63) is 58.3 Å².